The van der Waals surface area contributed by atoms with Crippen molar-refractivity contribution in [3.8, 4) is 5.75 Å². The normalized spacial score (nSPS) is 15.9. The molecule has 2 aromatic carbocycles. The fourth-order valence-corrected chi connectivity index (χ4v) is 6.56. The Balaban J connectivity index is 1.53. The standard InChI is InChI=1S/C21H26N2O4S3/c1-15(18-6-3-4-7-19(18)23-30(2,25)26)22-20(24)14-27-17-10-8-16(9-11-17)21-28-12-5-13-29-21/h3-4,6-11,15,21,23H,5,12-14H2,1-2H3,(H,22,24). The van der Waals surface area contributed by atoms with Crippen LogP contribution in [0.3, 0.4) is 0 Å². The number of benzene rings is 2. The van der Waals surface area contributed by atoms with Crippen molar-refractivity contribution < 1.29 is 17.9 Å². The number of anilines is 1. The highest BCUT2D eigenvalue weighted by Crippen LogP contribution is 2.43. The van der Waals surface area contributed by atoms with E-state index in [0.717, 1.165) is 6.26 Å². The summed E-state index contributed by atoms with van der Waals surface area (Å²) in [6, 6.07) is 14.5. The number of sulfonamides is 1. The molecule has 0 saturated carbocycles. The first-order valence-electron chi connectivity index (χ1n) is 9.64. The summed E-state index contributed by atoms with van der Waals surface area (Å²) in [4.78, 5) is 12.3. The van der Waals surface area contributed by atoms with Crippen molar-refractivity contribution in [3.63, 3.8) is 0 Å². The first kappa shape index (κ1) is 22.8. The summed E-state index contributed by atoms with van der Waals surface area (Å²) in [5.74, 6) is 2.75. The van der Waals surface area contributed by atoms with Gasteiger partial charge in [-0.05, 0) is 54.2 Å². The number of nitrogens with one attached hydrogen (secondary N) is 2. The van der Waals surface area contributed by atoms with E-state index in [2.05, 4.69) is 22.2 Å². The molecule has 1 unspecified atom stereocenters. The molecule has 1 fully saturated rings. The molecule has 1 saturated heterocycles. The molecule has 1 amide bonds. The summed E-state index contributed by atoms with van der Waals surface area (Å²) < 4.78 is 31.7. The van der Waals surface area contributed by atoms with Gasteiger partial charge in [-0.25, -0.2) is 8.42 Å². The van der Waals surface area contributed by atoms with Crippen LogP contribution in [-0.2, 0) is 14.8 Å². The number of hydrogen-bond acceptors (Lipinski definition) is 6. The summed E-state index contributed by atoms with van der Waals surface area (Å²) in [7, 11) is -3.41. The van der Waals surface area contributed by atoms with Gasteiger partial charge >= 0.3 is 0 Å². The number of carbonyl (C=O) groups excluding carboxylic acids is 1. The minimum Gasteiger partial charge on any atom is -0.484 e. The molecule has 162 valence electrons. The third-order valence-electron chi connectivity index (χ3n) is 4.45. The van der Waals surface area contributed by atoms with E-state index < -0.39 is 10.0 Å². The molecule has 0 bridgehead atoms. The lowest BCUT2D eigenvalue weighted by Crippen LogP contribution is -2.31. The minimum absolute atomic E-state index is 0.113. The topological polar surface area (TPSA) is 84.5 Å². The van der Waals surface area contributed by atoms with E-state index in [4.69, 9.17) is 4.74 Å². The summed E-state index contributed by atoms with van der Waals surface area (Å²) in [6.07, 6.45) is 2.35. The van der Waals surface area contributed by atoms with E-state index in [1.54, 1.807) is 31.2 Å². The van der Waals surface area contributed by atoms with Crippen LogP contribution in [0.4, 0.5) is 5.69 Å². The molecule has 6 nitrogen and oxygen atoms in total. The molecule has 1 heterocycles. The first-order valence-corrected chi connectivity index (χ1v) is 13.6. The summed E-state index contributed by atoms with van der Waals surface area (Å²) >= 11 is 3.93. The highest BCUT2D eigenvalue weighted by atomic mass is 32.2. The molecule has 30 heavy (non-hydrogen) atoms. The Kier molecular flexibility index (Phi) is 7.96. The largest absolute Gasteiger partial charge is 0.484 e. The van der Waals surface area contributed by atoms with E-state index in [1.807, 2.05) is 35.7 Å². The summed E-state index contributed by atoms with van der Waals surface area (Å²) in [6.45, 7) is 1.69. The van der Waals surface area contributed by atoms with Crippen LogP contribution in [0.25, 0.3) is 0 Å². The van der Waals surface area contributed by atoms with Gasteiger partial charge in [0.25, 0.3) is 5.91 Å². The number of hydrogen-bond donors (Lipinski definition) is 2. The maximum atomic E-state index is 12.3. The molecule has 0 aromatic heterocycles. The Hall–Kier alpha value is -1.84. The van der Waals surface area contributed by atoms with Crippen molar-refractivity contribution in [1.29, 1.82) is 0 Å². The SMILES string of the molecule is CC(NC(=O)COc1ccc(C2SCCCS2)cc1)c1ccccc1NS(C)(=O)=O. The Morgan fingerprint density at radius 3 is 2.47 bits per heavy atom. The molecule has 2 N–H and O–H groups in total. The zero-order valence-corrected chi connectivity index (χ0v) is 19.4. The predicted octanol–water partition coefficient (Wildman–Crippen LogP) is 4.18. The second-order valence-electron chi connectivity index (χ2n) is 7.04. The lowest BCUT2D eigenvalue weighted by molar-refractivity contribution is -0.123. The van der Waals surface area contributed by atoms with Gasteiger partial charge in [-0.3, -0.25) is 9.52 Å². The molecule has 3 rings (SSSR count). The van der Waals surface area contributed by atoms with E-state index in [-0.39, 0.29) is 18.6 Å². The van der Waals surface area contributed by atoms with Gasteiger partial charge in [-0.2, -0.15) is 0 Å². The third-order valence-corrected chi connectivity index (χ3v) is 8.06. The average molecular weight is 467 g/mol. The van der Waals surface area contributed by atoms with Gasteiger partial charge in [-0.15, -0.1) is 23.5 Å². The van der Waals surface area contributed by atoms with Crippen LogP contribution in [0.1, 0.15) is 35.1 Å². The zero-order chi connectivity index (χ0) is 21.6. The predicted molar refractivity (Wildman–Crippen MR) is 126 cm³/mol. The monoisotopic (exact) mass is 466 g/mol. The summed E-state index contributed by atoms with van der Waals surface area (Å²) in [5.41, 5.74) is 2.40. The Morgan fingerprint density at radius 2 is 1.80 bits per heavy atom. The van der Waals surface area contributed by atoms with Crippen molar-refractivity contribution in [1.82, 2.24) is 5.32 Å². The van der Waals surface area contributed by atoms with Gasteiger partial charge < -0.3 is 10.1 Å². The van der Waals surface area contributed by atoms with Gasteiger partial charge in [0.05, 0.1) is 22.6 Å². The van der Waals surface area contributed by atoms with Gasteiger partial charge in [0.15, 0.2) is 6.61 Å². The molecule has 1 aliphatic rings. The van der Waals surface area contributed by atoms with Crippen LogP contribution in [0.5, 0.6) is 5.75 Å². The summed E-state index contributed by atoms with van der Waals surface area (Å²) in [5, 5.41) is 2.85. The van der Waals surface area contributed by atoms with Crippen LogP contribution in [0.2, 0.25) is 0 Å². The molecular weight excluding hydrogens is 440 g/mol. The number of rotatable bonds is 8. The van der Waals surface area contributed by atoms with Crippen LogP contribution in [-0.4, -0.2) is 38.7 Å². The van der Waals surface area contributed by atoms with Gasteiger partial charge in [-0.1, -0.05) is 30.3 Å². The fraction of sp³-hybridized carbons (Fsp3) is 0.381. The first-order chi connectivity index (χ1) is 14.3. The molecule has 1 atom stereocenters. The Bertz CT molecular complexity index is 958. The molecule has 2 aromatic rings. The van der Waals surface area contributed by atoms with E-state index in [0.29, 0.717) is 21.6 Å². The van der Waals surface area contributed by atoms with Crippen molar-refractivity contribution in [2.45, 2.75) is 24.0 Å². The Morgan fingerprint density at radius 1 is 1.13 bits per heavy atom. The minimum atomic E-state index is -3.41. The van der Waals surface area contributed by atoms with E-state index >= 15 is 0 Å². The lowest BCUT2D eigenvalue weighted by Gasteiger charge is -2.21. The second-order valence-corrected chi connectivity index (χ2v) is 11.5. The van der Waals surface area contributed by atoms with Crippen molar-refractivity contribution in [3.05, 3.63) is 59.7 Å². The van der Waals surface area contributed by atoms with E-state index in [1.165, 1.54) is 23.5 Å². The average Bonchev–Trinajstić information content (AvgIpc) is 2.72. The van der Waals surface area contributed by atoms with Crippen LogP contribution < -0.4 is 14.8 Å². The number of amides is 1. The molecular formula is C21H26N2O4S3. The van der Waals surface area contributed by atoms with Crippen LogP contribution >= 0.6 is 23.5 Å². The molecule has 0 radical (unpaired) electrons. The maximum absolute atomic E-state index is 12.3. The van der Waals surface area contributed by atoms with Crippen molar-refractivity contribution >= 4 is 45.1 Å². The van der Waals surface area contributed by atoms with Gasteiger partial charge in [0.1, 0.15) is 5.75 Å². The molecule has 1 aliphatic heterocycles. The number of carbonyl (C=O) groups is 1. The lowest BCUT2D eigenvalue weighted by atomic mass is 10.1. The third kappa shape index (κ3) is 6.85. The highest BCUT2D eigenvalue weighted by molar-refractivity contribution is 8.16. The van der Waals surface area contributed by atoms with E-state index in [9.17, 15) is 13.2 Å². The molecule has 0 aliphatic carbocycles. The number of thioether (sulfide) groups is 2. The smallest absolute Gasteiger partial charge is 0.258 e. The number of para-hydroxylation sites is 1. The van der Waals surface area contributed by atoms with Gasteiger partial charge in [0, 0.05) is 0 Å². The van der Waals surface area contributed by atoms with Crippen molar-refractivity contribution in [2.24, 2.45) is 0 Å². The zero-order valence-electron chi connectivity index (χ0n) is 17.0. The molecule has 0 spiro atoms. The Labute approximate surface area is 186 Å². The van der Waals surface area contributed by atoms with Crippen LogP contribution in [0, 0.1) is 0 Å². The number of ether oxygens (including phenoxy) is 1. The fourth-order valence-electron chi connectivity index (χ4n) is 3.08. The maximum Gasteiger partial charge on any atom is 0.258 e. The highest BCUT2D eigenvalue weighted by Gasteiger charge is 2.17. The second kappa shape index (κ2) is 10.5. The molecule has 9 heteroatoms. The van der Waals surface area contributed by atoms with Gasteiger partial charge in [0.2, 0.25) is 10.0 Å². The quantitative estimate of drug-likeness (QED) is 0.607. The van der Waals surface area contributed by atoms with Crippen LogP contribution in [0.15, 0.2) is 48.5 Å². The van der Waals surface area contributed by atoms with Crippen molar-refractivity contribution in [2.75, 3.05) is 29.1 Å².